The van der Waals surface area contributed by atoms with Crippen LogP contribution in [-0.2, 0) is 4.74 Å². The monoisotopic (exact) mass is 304 g/mol. The van der Waals surface area contributed by atoms with Gasteiger partial charge in [0.05, 0.1) is 18.9 Å². The Bertz CT molecular complexity index is 300. The maximum atomic E-state index is 5.28. The highest BCUT2D eigenvalue weighted by Gasteiger charge is 2.10. The fourth-order valence-electron chi connectivity index (χ4n) is 1.40. The Balaban J connectivity index is 1.99. The lowest BCUT2D eigenvalue weighted by atomic mass is 10.3. The van der Waals surface area contributed by atoms with Crippen LogP contribution in [0.3, 0.4) is 0 Å². The van der Waals surface area contributed by atoms with Gasteiger partial charge in [-0.25, -0.2) is 5.01 Å². The van der Waals surface area contributed by atoms with Crippen molar-refractivity contribution in [3.05, 3.63) is 27.8 Å². The van der Waals surface area contributed by atoms with Gasteiger partial charge in [0.15, 0.2) is 0 Å². The van der Waals surface area contributed by atoms with Gasteiger partial charge in [-0.05, 0) is 34.7 Å². The normalized spacial score (nSPS) is 18.1. The third-order valence-corrected chi connectivity index (χ3v) is 3.10. The molecule has 1 saturated heterocycles. The van der Waals surface area contributed by atoms with Crippen molar-refractivity contribution < 1.29 is 4.74 Å². The van der Waals surface area contributed by atoms with Gasteiger partial charge in [-0.3, -0.25) is 0 Å². The zero-order chi connectivity index (χ0) is 9.80. The van der Waals surface area contributed by atoms with Gasteiger partial charge in [-0.15, -0.1) is 0 Å². The van der Waals surface area contributed by atoms with Gasteiger partial charge in [0, 0.05) is 16.7 Å². The number of hydrogen-bond donors (Lipinski definition) is 1. The average molecular weight is 304 g/mol. The molecule has 0 amide bonds. The Kier molecular flexibility index (Phi) is 3.61. The molecule has 3 nitrogen and oxygen atoms in total. The summed E-state index contributed by atoms with van der Waals surface area (Å²) in [5.74, 6) is 0. The van der Waals surface area contributed by atoms with Gasteiger partial charge in [0.2, 0.25) is 0 Å². The number of nitrogens with zero attached hydrogens (tertiary/aromatic N) is 1. The maximum Gasteiger partial charge on any atom is 0.0623 e. The fraction of sp³-hybridized carbons (Fsp3) is 0.400. The predicted octanol–water partition coefficient (Wildman–Crippen LogP) is 1.95. The molecule has 0 spiro atoms. The number of morpholine rings is 1. The van der Waals surface area contributed by atoms with E-state index in [0.717, 1.165) is 26.3 Å². The van der Waals surface area contributed by atoms with Gasteiger partial charge < -0.3 is 10.2 Å². The van der Waals surface area contributed by atoms with Crippen LogP contribution in [0.2, 0.25) is 0 Å². The number of rotatable bonds is 2. The van der Waals surface area contributed by atoms with Gasteiger partial charge >= 0.3 is 0 Å². The molecule has 0 bridgehead atoms. The molecule has 1 N–H and O–H groups in total. The number of nitrogens with one attached hydrogen (secondary N) is 1. The zero-order valence-corrected chi connectivity index (χ0v) is 10.0. The summed E-state index contributed by atoms with van der Waals surface area (Å²) in [5.41, 5.74) is 4.57. The highest BCUT2D eigenvalue weighted by Crippen LogP contribution is 2.17. The van der Waals surface area contributed by atoms with Crippen molar-refractivity contribution in [2.24, 2.45) is 0 Å². The first-order valence-corrected chi connectivity index (χ1v) is 5.78. The van der Waals surface area contributed by atoms with Gasteiger partial charge in [-0.2, -0.15) is 0 Å². The lowest BCUT2D eigenvalue weighted by molar-refractivity contribution is 0.0496. The van der Waals surface area contributed by atoms with E-state index in [2.05, 4.69) is 45.2 Å². The molecule has 4 heteroatoms. The molecule has 0 atom stereocenters. The molecule has 1 aromatic carbocycles. The van der Waals surface area contributed by atoms with Crippen LogP contribution in [0.25, 0.3) is 0 Å². The van der Waals surface area contributed by atoms with E-state index in [-0.39, 0.29) is 0 Å². The number of hydrogen-bond acceptors (Lipinski definition) is 3. The van der Waals surface area contributed by atoms with Crippen molar-refractivity contribution in [3.8, 4) is 0 Å². The first-order valence-electron chi connectivity index (χ1n) is 4.70. The van der Waals surface area contributed by atoms with E-state index in [9.17, 15) is 0 Å². The molecule has 2 rings (SSSR count). The maximum absolute atomic E-state index is 5.28. The van der Waals surface area contributed by atoms with E-state index >= 15 is 0 Å². The number of benzene rings is 1. The second-order valence-corrected chi connectivity index (χ2v) is 4.35. The summed E-state index contributed by atoms with van der Waals surface area (Å²) in [5, 5.41) is 2.20. The molecule has 1 fully saturated rings. The summed E-state index contributed by atoms with van der Waals surface area (Å²) in [6, 6.07) is 8.29. The molecule has 14 heavy (non-hydrogen) atoms. The second-order valence-electron chi connectivity index (χ2n) is 3.19. The minimum absolute atomic E-state index is 0.816. The molecule has 0 aromatic heterocycles. The lowest BCUT2D eigenvalue weighted by Gasteiger charge is -2.28. The van der Waals surface area contributed by atoms with Gasteiger partial charge in [0.25, 0.3) is 0 Å². The van der Waals surface area contributed by atoms with Crippen molar-refractivity contribution in [2.45, 2.75) is 0 Å². The number of halogens is 1. The Morgan fingerprint density at radius 3 is 2.64 bits per heavy atom. The van der Waals surface area contributed by atoms with E-state index in [1.54, 1.807) is 0 Å². The predicted molar refractivity (Wildman–Crippen MR) is 65.2 cm³/mol. The summed E-state index contributed by atoms with van der Waals surface area (Å²) in [6.45, 7) is 3.53. The van der Waals surface area contributed by atoms with E-state index in [4.69, 9.17) is 4.74 Å². The van der Waals surface area contributed by atoms with Crippen LogP contribution in [0.15, 0.2) is 24.3 Å². The van der Waals surface area contributed by atoms with Crippen LogP contribution >= 0.6 is 22.6 Å². The minimum atomic E-state index is 0.816. The van der Waals surface area contributed by atoms with Gasteiger partial charge in [-0.1, -0.05) is 12.1 Å². The first kappa shape index (κ1) is 10.2. The Hall–Kier alpha value is -0.330. The topological polar surface area (TPSA) is 24.5 Å². The highest BCUT2D eigenvalue weighted by molar-refractivity contribution is 14.1. The largest absolute Gasteiger partial charge is 0.379 e. The van der Waals surface area contributed by atoms with Crippen molar-refractivity contribution in [3.63, 3.8) is 0 Å². The molecule has 0 saturated carbocycles. The first-order chi connectivity index (χ1) is 6.86. The van der Waals surface area contributed by atoms with E-state index in [0.29, 0.717) is 0 Å². The quantitative estimate of drug-likeness (QED) is 0.845. The number of hydrazine groups is 1. The molecular formula is C10H13IN2O. The molecule has 1 aliphatic rings. The minimum Gasteiger partial charge on any atom is -0.379 e. The van der Waals surface area contributed by atoms with Crippen LogP contribution in [0.4, 0.5) is 5.69 Å². The van der Waals surface area contributed by atoms with E-state index in [1.807, 2.05) is 12.1 Å². The SMILES string of the molecule is Ic1ccccc1NN1CCOCC1. The number of ether oxygens (including phenoxy) is 1. The molecule has 1 heterocycles. The Morgan fingerprint density at radius 2 is 1.93 bits per heavy atom. The van der Waals surface area contributed by atoms with Crippen molar-refractivity contribution in [2.75, 3.05) is 31.7 Å². The van der Waals surface area contributed by atoms with E-state index < -0.39 is 0 Å². The van der Waals surface area contributed by atoms with Crippen LogP contribution in [0.1, 0.15) is 0 Å². The summed E-state index contributed by atoms with van der Waals surface area (Å²) in [6.07, 6.45) is 0. The molecule has 1 aliphatic heterocycles. The van der Waals surface area contributed by atoms with Gasteiger partial charge in [0.1, 0.15) is 0 Å². The molecule has 76 valence electrons. The molecule has 0 aliphatic carbocycles. The number of anilines is 1. The molecule has 1 aromatic rings. The molecular weight excluding hydrogens is 291 g/mol. The van der Waals surface area contributed by atoms with Crippen LogP contribution in [-0.4, -0.2) is 31.3 Å². The molecule has 0 unspecified atom stereocenters. The summed E-state index contributed by atoms with van der Waals surface area (Å²) in [4.78, 5) is 0. The van der Waals surface area contributed by atoms with Crippen molar-refractivity contribution in [1.29, 1.82) is 0 Å². The van der Waals surface area contributed by atoms with Crippen molar-refractivity contribution in [1.82, 2.24) is 5.01 Å². The zero-order valence-electron chi connectivity index (χ0n) is 7.87. The Labute approximate surface area is 97.5 Å². The fourth-order valence-corrected chi connectivity index (χ4v) is 1.91. The number of para-hydroxylation sites is 1. The van der Waals surface area contributed by atoms with E-state index in [1.165, 1.54) is 9.26 Å². The lowest BCUT2D eigenvalue weighted by Crippen LogP contribution is -2.40. The Morgan fingerprint density at radius 1 is 1.21 bits per heavy atom. The summed E-state index contributed by atoms with van der Waals surface area (Å²) >= 11 is 2.34. The van der Waals surface area contributed by atoms with Crippen LogP contribution < -0.4 is 5.43 Å². The standard InChI is InChI=1S/C10H13IN2O/c11-9-3-1-2-4-10(9)12-13-5-7-14-8-6-13/h1-4,12H,5-8H2. The third kappa shape index (κ3) is 2.59. The summed E-state index contributed by atoms with van der Waals surface area (Å²) < 4.78 is 6.53. The molecule has 0 radical (unpaired) electrons. The smallest absolute Gasteiger partial charge is 0.0623 e. The van der Waals surface area contributed by atoms with Crippen LogP contribution in [0, 0.1) is 3.57 Å². The summed E-state index contributed by atoms with van der Waals surface area (Å²) in [7, 11) is 0. The third-order valence-electron chi connectivity index (χ3n) is 2.16. The van der Waals surface area contributed by atoms with Crippen molar-refractivity contribution >= 4 is 28.3 Å². The second kappa shape index (κ2) is 4.95. The highest BCUT2D eigenvalue weighted by atomic mass is 127. The average Bonchev–Trinajstić information content (AvgIpc) is 2.23. The van der Waals surface area contributed by atoms with Crippen LogP contribution in [0.5, 0.6) is 0 Å².